The first-order chi connectivity index (χ1) is 10.1. The smallest absolute Gasteiger partial charge is 0.342 e. The molecule has 0 fully saturated rings. The molecule has 0 saturated heterocycles. The van der Waals surface area contributed by atoms with Gasteiger partial charge >= 0.3 is 5.97 Å². The van der Waals surface area contributed by atoms with Crippen LogP contribution in [0.3, 0.4) is 0 Å². The first-order valence-corrected chi connectivity index (χ1v) is 6.64. The van der Waals surface area contributed by atoms with Crippen molar-refractivity contribution in [2.24, 2.45) is 0 Å². The third kappa shape index (κ3) is 3.95. The zero-order valence-corrected chi connectivity index (χ0v) is 12.0. The van der Waals surface area contributed by atoms with Crippen molar-refractivity contribution in [3.05, 3.63) is 59.5 Å². The van der Waals surface area contributed by atoms with E-state index in [0.29, 0.717) is 17.9 Å². The van der Waals surface area contributed by atoms with Gasteiger partial charge in [-0.2, -0.15) is 0 Å². The highest BCUT2D eigenvalue weighted by atomic mass is 16.5. The summed E-state index contributed by atoms with van der Waals surface area (Å²) in [6, 6.07) is 11.0. The van der Waals surface area contributed by atoms with Gasteiger partial charge in [-0.05, 0) is 25.5 Å². The van der Waals surface area contributed by atoms with Crippen molar-refractivity contribution in [1.29, 1.82) is 0 Å². The van der Waals surface area contributed by atoms with Gasteiger partial charge in [0.05, 0.1) is 6.26 Å². The van der Waals surface area contributed by atoms with Gasteiger partial charge in [0.2, 0.25) is 0 Å². The molecular formula is C16H17NO4. The maximum atomic E-state index is 11.9. The lowest BCUT2D eigenvalue weighted by atomic mass is 10.2. The van der Waals surface area contributed by atoms with Crippen LogP contribution >= 0.6 is 0 Å². The molecule has 1 aromatic heterocycles. The van der Waals surface area contributed by atoms with E-state index in [9.17, 15) is 9.59 Å². The first kappa shape index (κ1) is 14.8. The van der Waals surface area contributed by atoms with E-state index >= 15 is 0 Å². The second kappa shape index (κ2) is 6.74. The van der Waals surface area contributed by atoms with Gasteiger partial charge in [-0.3, -0.25) is 4.79 Å². The summed E-state index contributed by atoms with van der Waals surface area (Å²) in [4.78, 5) is 23.7. The van der Waals surface area contributed by atoms with E-state index in [1.807, 2.05) is 30.3 Å². The van der Waals surface area contributed by atoms with Crippen LogP contribution in [0.15, 0.2) is 47.1 Å². The number of aryl methyl sites for hydroxylation is 1. The molecule has 1 N–H and O–H groups in total. The summed E-state index contributed by atoms with van der Waals surface area (Å²) in [5.41, 5.74) is 1.31. The molecule has 1 unspecified atom stereocenters. The Morgan fingerprint density at radius 2 is 1.95 bits per heavy atom. The summed E-state index contributed by atoms with van der Waals surface area (Å²) in [6.45, 7) is 3.59. The van der Waals surface area contributed by atoms with Crippen LogP contribution in [0, 0.1) is 6.92 Å². The Morgan fingerprint density at radius 3 is 2.57 bits per heavy atom. The van der Waals surface area contributed by atoms with Gasteiger partial charge in [0.1, 0.15) is 11.3 Å². The fraction of sp³-hybridized carbons (Fsp3) is 0.250. The van der Waals surface area contributed by atoms with Crippen LogP contribution in [0.2, 0.25) is 0 Å². The Balaban J connectivity index is 1.85. The van der Waals surface area contributed by atoms with Crippen molar-refractivity contribution >= 4 is 11.9 Å². The maximum Gasteiger partial charge on any atom is 0.342 e. The van der Waals surface area contributed by atoms with Crippen LogP contribution in [0.25, 0.3) is 0 Å². The molecule has 110 valence electrons. The topological polar surface area (TPSA) is 68.5 Å². The molecule has 2 rings (SSSR count). The standard InChI is InChI=1S/C16H17NO4/c1-11-14(8-9-20-11)16(19)21-12(2)15(18)17-10-13-6-4-3-5-7-13/h3-9,12H,10H2,1-2H3,(H,17,18). The summed E-state index contributed by atoms with van der Waals surface area (Å²) in [5.74, 6) is -0.436. The average molecular weight is 287 g/mol. The SMILES string of the molecule is Cc1occc1C(=O)OC(C)C(=O)NCc1ccccc1. The Labute approximate surface area is 122 Å². The number of furan rings is 1. The highest BCUT2D eigenvalue weighted by Gasteiger charge is 2.20. The average Bonchev–Trinajstić information content (AvgIpc) is 2.92. The first-order valence-electron chi connectivity index (χ1n) is 6.64. The van der Waals surface area contributed by atoms with Crippen LogP contribution in [0.1, 0.15) is 28.6 Å². The summed E-state index contributed by atoms with van der Waals surface area (Å²) in [6.07, 6.45) is 0.544. The predicted octanol–water partition coefficient (Wildman–Crippen LogP) is 2.45. The van der Waals surface area contributed by atoms with Crippen LogP contribution in [0.4, 0.5) is 0 Å². The molecule has 5 heteroatoms. The fourth-order valence-electron chi connectivity index (χ4n) is 1.80. The number of hydrogen-bond acceptors (Lipinski definition) is 4. The van der Waals surface area contributed by atoms with Crippen LogP contribution in [0.5, 0.6) is 0 Å². The van der Waals surface area contributed by atoms with E-state index in [0.717, 1.165) is 5.56 Å². The highest BCUT2D eigenvalue weighted by molar-refractivity contribution is 5.92. The number of esters is 1. The van der Waals surface area contributed by atoms with E-state index in [1.165, 1.54) is 19.3 Å². The van der Waals surface area contributed by atoms with Gasteiger partial charge in [-0.25, -0.2) is 4.79 Å². The number of hydrogen-bond donors (Lipinski definition) is 1. The third-order valence-corrected chi connectivity index (χ3v) is 3.04. The molecule has 0 aliphatic rings. The number of amides is 1. The minimum atomic E-state index is -0.865. The molecule has 21 heavy (non-hydrogen) atoms. The highest BCUT2D eigenvalue weighted by Crippen LogP contribution is 2.11. The molecule has 1 amide bonds. The van der Waals surface area contributed by atoms with E-state index in [2.05, 4.69) is 5.32 Å². The van der Waals surface area contributed by atoms with Gasteiger partial charge in [0.25, 0.3) is 5.91 Å². The summed E-state index contributed by atoms with van der Waals surface area (Å²) in [5, 5.41) is 2.72. The third-order valence-electron chi connectivity index (χ3n) is 3.04. The van der Waals surface area contributed by atoms with Crippen molar-refractivity contribution in [2.45, 2.75) is 26.5 Å². The van der Waals surface area contributed by atoms with Crippen molar-refractivity contribution in [3.63, 3.8) is 0 Å². The molecule has 0 radical (unpaired) electrons. The van der Waals surface area contributed by atoms with Gasteiger partial charge in [0.15, 0.2) is 6.10 Å². The fourth-order valence-corrected chi connectivity index (χ4v) is 1.80. The predicted molar refractivity (Wildman–Crippen MR) is 76.6 cm³/mol. The lowest BCUT2D eigenvalue weighted by Gasteiger charge is -2.13. The van der Waals surface area contributed by atoms with E-state index < -0.39 is 12.1 Å². The maximum absolute atomic E-state index is 11.9. The lowest BCUT2D eigenvalue weighted by Crippen LogP contribution is -2.35. The molecule has 0 aliphatic carbocycles. The minimum Gasteiger partial charge on any atom is -0.469 e. The number of carbonyl (C=O) groups excluding carboxylic acids is 2. The van der Waals surface area contributed by atoms with E-state index in [4.69, 9.17) is 9.15 Å². The number of benzene rings is 1. The van der Waals surface area contributed by atoms with E-state index in [-0.39, 0.29) is 5.91 Å². The summed E-state index contributed by atoms with van der Waals surface area (Å²) in [7, 11) is 0. The van der Waals surface area contributed by atoms with Crippen molar-refractivity contribution in [3.8, 4) is 0 Å². The number of nitrogens with one attached hydrogen (secondary N) is 1. The molecule has 0 saturated carbocycles. The molecular weight excluding hydrogens is 270 g/mol. The molecule has 1 atom stereocenters. The Bertz CT molecular complexity index is 618. The Kier molecular flexibility index (Phi) is 4.77. The summed E-state index contributed by atoms with van der Waals surface area (Å²) >= 11 is 0. The van der Waals surface area contributed by atoms with Gasteiger partial charge < -0.3 is 14.5 Å². The summed E-state index contributed by atoms with van der Waals surface area (Å²) < 4.78 is 10.1. The van der Waals surface area contributed by atoms with Crippen molar-refractivity contribution < 1.29 is 18.7 Å². The number of rotatable bonds is 5. The van der Waals surface area contributed by atoms with Crippen LogP contribution < -0.4 is 5.32 Å². The molecule has 0 bridgehead atoms. The lowest BCUT2D eigenvalue weighted by molar-refractivity contribution is -0.129. The second-order valence-electron chi connectivity index (χ2n) is 4.64. The van der Waals surface area contributed by atoms with Gasteiger partial charge in [0, 0.05) is 6.54 Å². The monoisotopic (exact) mass is 287 g/mol. The molecule has 0 spiro atoms. The second-order valence-corrected chi connectivity index (χ2v) is 4.64. The van der Waals surface area contributed by atoms with Gasteiger partial charge in [-0.1, -0.05) is 30.3 Å². The molecule has 1 heterocycles. The number of ether oxygens (including phenoxy) is 1. The van der Waals surface area contributed by atoms with E-state index in [1.54, 1.807) is 6.92 Å². The zero-order valence-electron chi connectivity index (χ0n) is 12.0. The van der Waals surface area contributed by atoms with Gasteiger partial charge in [-0.15, -0.1) is 0 Å². The Morgan fingerprint density at radius 1 is 1.24 bits per heavy atom. The molecule has 0 aliphatic heterocycles. The molecule has 1 aromatic carbocycles. The minimum absolute atomic E-state index is 0.331. The quantitative estimate of drug-likeness (QED) is 0.858. The normalized spacial score (nSPS) is 11.7. The van der Waals surface area contributed by atoms with Crippen LogP contribution in [-0.2, 0) is 16.1 Å². The number of carbonyl (C=O) groups is 2. The van der Waals surface area contributed by atoms with Crippen molar-refractivity contribution in [1.82, 2.24) is 5.32 Å². The van der Waals surface area contributed by atoms with Crippen LogP contribution in [-0.4, -0.2) is 18.0 Å². The largest absolute Gasteiger partial charge is 0.469 e. The Hall–Kier alpha value is -2.56. The molecule has 2 aromatic rings. The molecule has 5 nitrogen and oxygen atoms in total. The van der Waals surface area contributed by atoms with Crippen molar-refractivity contribution in [2.75, 3.05) is 0 Å². The zero-order chi connectivity index (χ0) is 15.2.